The van der Waals surface area contributed by atoms with Gasteiger partial charge in [-0.15, -0.1) is 11.8 Å². The fourth-order valence-corrected chi connectivity index (χ4v) is 4.38. The molecule has 0 aliphatic rings. The zero-order valence-corrected chi connectivity index (χ0v) is 18.8. The third kappa shape index (κ3) is 4.98. The van der Waals surface area contributed by atoms with Gasteiger partial charge in [-0.05, 0) is 49.1 Å². The van der Waals surface area contributed by atoms with Crippen LogP contribution in [-0.4, -0.2) is 27.5 Å². The topological polar surface area (TPSA) is 64.0 Å². The van der Waals surface area contributed by atoms with Gasteiger partial charge in [-0.25, -0.2) is 4.98 Å². The summed E-state index contributed by atoms with van der Waals surface area (Å²) in [5.41, 5.74) is 1.32. The first kappa shape index (κ1) is 21.0. The average molecular weight is 478 g/mol. The number of benzene rings is 2. The lowest BCUT2D eigenvalue weighted by Gasteiger charge is -2.12. The van der Waals surface area contributed by atoms with Gasteiger partial charge in [0.15, 0.2) is 5.16 Å². The number of hydrogen-bond acceptors (Lipinski definition) is 5. The highest BCUT2D eigenvalue weighted by atomic mass is 79.9. The molecule has 0 unspecified atom stereocenters. The van der Waals surface area contributed by atoms with E-state index in [0.29, 0.717) is 22.6 Å². The lowest BCUT2D eigenvalue weighted by molar-refractivity contribution is -0.113. The Hall–Kier alpha value is -1.77. The largest absolute Gasteiger partial charge is 0.325 e. The van der Waals surface area contributed by atoms with Crippen LogP contribution in [0.3, 0.4) is 0 Å². The Bertz CT molecular complexity index is 1070. The number of thioether (sulfide) groups is 2. The van der Waals surface area contributed by atoms with Crippen molar-refractivity contribution in [2.75, 3.05) is 17.3 Å². The van der Waals surface area contributed by atoms with E-state index in [1.54, 1.807) is 22.4 Å². The summed E-state index contributed by atoms with van der Waals surface area (Å²) in [7, 11) is 0. The van der Waals surface area contributed by atoms with Crippen LogP contribution in [0.25, 0.3) is 10.9 Å². The van der Waals surface area contributed by atoms with Crippen molar-refractivity contribution >= 4 is 62.0 Å². The maximum absolute atomic E-state index is 12.9. The van der Waals surface area contributed by atoms with E-state index in [0.717, 1.165) is 21.5 Å². The summed E-state index contributed by atoms with van der Waals surface area (Å²) >= 11 is 6.31. The zero-order chi connectivity index (χ0) is 20.1. The van der Waals surface area contributed by atoms with Crippen LogP contribution in [0.5, 0.6) is 0 Å². The van der Waals surface area contributed by atoms with Crippen LogP contribution in [0.15, 0.2) is 61.8 Å². The Kier molecular flexibility index (Phi) is 7.20. The zero-order valence-electron chi connectivity index (χ0n) is 15.6. The molecule has 0 saturated carbocycles. The molecule has 0 atom stereocenters. The molecule has 0 spiro atoms. The van der Waals surface area contributed by atoms with E-state index in [1.807, 2.05) is 49.6 Å². The Morgan fingerprint density at radius 3 is 2.82 bits per heavy atom. The third-order valence-corrected chi connectivity index (χ3v) is 6.21. The number of hydrogen-bond donors (Lipinski definition) is 1. The second kappa shape index (κ2) is 9.62. The highest BCUT2D eigenvalue weighted by Gasteiger charge is 2.13. The Balaban J connectivity index is 1.81. The number of halogens is 1. The second-order valence-electron chi connectivity index (χ2n) is 6.08. The standard InChI is InChI=1S/C20H20BrN3O2S2/c1-3-9-24-19(26)16-10-13(21)7-8-17(16)23-20(24)28-12-18(25)22-14-5-4-6-15(11-14)27-2/h4-8,10-11H,3,9,12H2,1-2H3,(H,22,25). The van der Waals surface area contributed by atoms with Crippen molar-refractivity contribution in [1.29, 1.82) is 0 Å². The van der Waals surface area contributed by atoms with E-state index in [-0.39, 0.29) is 17.2 Å². The highest BCUT2D eigenvalue weighted by Crippen LogP contribution is 2.22. The van der Waals surface area contributed by atoms with Crippen molar-refractivity contribution < 1.29 is 4.79 Å². The lowest BCUT2D eigenvalue weighted by atomic mass is 10.2. The van der Waals surface area contributed by atoms with Crippen molar-refractivity contribution in [3.05, 3.63) is 57.3 Å². The smallest absolute Gasteiger partial charge is 0.262 e. The van der Waals surface area contributed by atoms with Gasteiger partial charge in [0.1, 0.15) is 0 Å². The number of fused-ring (bicyclic) bond motifs is 1. The normalized spacial score (nSPS) is 11.0. The molecule has 0 radical (unpaired) electrons. The van der Waals surface area contributed by atoms with Gasteiger partial charge in [0.05, 0.1) is 16.7 Å². The van der Waals surface area contributed by atoms with Gasteiger partial charge >= 0.3 is 0 Å². The van der Waals surface area contributed by atoms with Gasteiger partial charge in [0.25, 0.3) is 5.56 Å². The van der Waals surface area contributed by atoms with Gasteiger partial charge < -0.3 is 5.32 Å². The maximum atomic E-state index is 12.9. The van der Waals surface area contributed by atoms with E-state index in [2.05, 4.69) is 26.2 Å². The molecule has 1 heterocycles. The van der Waals surface area contributed by atoms with Gasteiger partial charge in [-0.3, -0.25) is 14.2 Å². The molecule has 5 nitrogen and oxygen atoms in total. The second-order valence-corrected chi connectivity index (χ2v) is 8.82. The molecular weight excluding hydrogens is 458 g/mol. The number of nitrogens with zero attached hydrogens (tertiary/aromatic N) is 2. The Morgan fingerprint density at radius 2 is 2.07 bits per heavy atom. The fraction of sp³-hybridized carbons (Fsp3) is 0.250. The quantitative estimate of drug-likeness (QED) is 0.382. The van der Waals surface area contributed by atoms with Crippen LogP contribution in [0.1, 0.15) is 13.3 Å². The molecule has 1 aromatic heterocycles. The van der Waals surface area contributed by atoms with Gasteiger partial charge in [0.2, 0.25) is 5.91 Å². The molecule has 0 saturated heterocycles. The summed E-state index contributed by atoms with van der Waals surface area (Å²) in [4.78, 5) is 31.0. The van der Waals surface area contributed by atoms with Crippen molar-refractivity contribution in [2.24, 2.45) is 0 Å². The molecule has 146 valence electrons. The number of aromatic nitrogens is 2. The molecule has 8 heteroatoms. The summed E-state index contributed by atoms with van der Waals surface area (Å²) < 4.78 is 2.50. The van der Waals surface area contributed by atoms with Crippen LogP contribution < -0.4 is 10.9 Å². The minimum Gasteiger partial charge on any atom is -0.325 e. The van der Waals surface area contributed by atoms with E-state index >= 15 is 0 Å². The number of anilines is 1. The number of rotatable bonds is 7. The van der Waals surface area contributed by atoms with E-state index in [4.69, 9.17) is 0 Å². The van der Waals surface area contributed by atoms with Crippen LogP contribution >= 0.6 is 39.5 Å². The molecule has 28 heavy (non-hydrogen) atoms. The molecule has 0 aliphatic heterocycles. The Morgan fingerprint density at radius 1 is 1.25 bits per heavy atom. The van der Waals surface area contributed by atoms with Crippen LogP contribution in [0.4, 0.5) is 5.69 Å². The van der Waals surface area contributed by atoms with Crippen molar-refractivity contribution in [2.45, 2.75) is 29.9 Å². The summed E-state index contributed by atoms with van der Waals surface area (Å²) in [6.07, 6.45) is 2.80. The van der Waals surface area contributed by atoms with Crippen molar-refractivity contribution in [1.82, 2.24) is 9.55 Å². The molecule has 1 amide bonds. The predicted molar refractivity (Wildman–Crippen MR) is 122 cm³/mol. The summed E-state index contributed by atoms with van der Waals surface area (Å²) in [5, 5.41) is 4.04. The predicted octanol–water partition coefficient (Wildman–Crippen LogP) is 5.02. The minimum atomic E-state index is -0.128. The van der Waals surface area contributed by atoms with E-state index in [1.165, 1.54) is 11.8 Å². The number of carbonyl (C=O) groups excluding carboxylic acids is 1. The lowest BCUT2D eigenvalue weighted by Crippen LogP contribution is -2.24. The Labute approximate surface area is 180 Å². The number of carbonyl (C=O) groups is 1. The molecule has 3 rings (SSSR count). The van der Waals surface area contributed by atoms with Crippen LogP contribution in [0, 0.1) is 0 Å². The summed E-state index contributed by atoms with van der Waals surface area (Å²) in [6, 6.07) is 13.2. The van der Waals surface area contributed by atoms with Gasteiger partial charge in [-0.2, -0.15) is 0 Å². The number of nitrogens with one attached hydrogen (secondary N) is 1. The van der Waals surface area contributed by atoms with E-state index < -0.39 is 0 Å². The average Bonchev–Trinajstić information content (AvgIpc) is 2.69. The molecule has 0 aliphatic carbocycles. The maximum Gasteiger partial charge on any atom is 0.262 e. The number of amides is 1. The minimum absolute atomic E-state index is 0.0799. The first-order valence-electron chi connectivity index (χ1n) is 8.78. The molecule has 0 bridgehead atoms. The van der Waals surface area contributed by atoms with Crippen LogP contribution in [0.2, 0.25) is 0 Å². The molecule has 1 N–H and O–H groups in total. The first-order chi connectivity index (χ1) is 13.5. The summed E-state index contributed by atoms with van der Waals surface area (Å²) in [6.45, 7) is 2.57. The molecular formula is C20H20BrN3O2S2. The fourth-order valence-electron chi connectivity index (χ4n) is 2.73. The molecule has 3 aromatic rings. The molecule has 0 fully saturated rings. The van der Waals surface area contributed by atoms with Gasteiger partial charge in [0, 0.05) is 21.6 Å². The van der Waals surface area contributed by atoms with Crippen LogP contribution in [-0.2, 0) is 11.3 Å². The van der Waals surface area contributed by atoms with Crippen molar-refractivity contribution in [3.63, 3.8) is 0 Å². The monoisotopic (exact) mass is 477 g/mol. The third-order valence-electron chi connectivity index (χ3n) is 4.01. The SMILES string of the molecule is CCCn1c(SCC(=O)Nc2cccc(SC)c2)nc2ccc(Br)cc2c1=O. The highest BCUT2D eigenvalue weighted by molar-refractivity contribution is 9.10. The van der Waals surface area contributed by atoms with Crippen molar-refractivity contribution in [3.8, 4) is 0 Å². The first-order valence-corrected chi connectivity index (χ1v) is 11.8. The summed E-state index contributed by atoms with van der Waals surface area (Å²) in [5.74, 6) is 0.0539. The molecule has 2 aromatic carbocycles. The van der Waals surface area contributed by atoms with E-state index in [9.17, 15) is 9.59 Å². The van der Waals surface area contributed by atoms with Gasteiger partial charge in [-0.1, -0.05) is 40.7 Å².